The molecule has 1 aliphatic rings. The molecule has 1 aliphatic carbocycles. The minimum atomic E-state index is -0.873. The van der Waals surface area contributed by atoms with Gasteiger partial charge in [0.05, 0.1) is 17.4 Å². The highest BCUT2D eigenvalue weighted by Crippen LogP contribution is 2.33. The number of hydrogen-bond donors (Lipinski definition) is 1. The Balaban J connectivity index is 2.22. The molecule has 0 bridgehead atoms. The highest BCUT2D eigenvalue weighted by molar-refractivity contribution is 5.94. The van der Waals surface area contributed by atoms with Crippen molar-refractivity contribution in [3.8, 4) is 0 Å². The Morgan fingerprint density at radius 2 is 2.28 bits per heavy atom. The summed E-state index contributed by atoms with van der Waals surface area (Å²) in [5.41, 5.74) is 1.13. The van der Waals surface area contributed by atoms with Gasteiger partial charge in [0.25, 0.3) is 0 Å². The molecule has 1 aromatic heterocycles. The highest BCUT2D eigenvalue weighted by atomic mass is 16.4. The van der Waals surface area contributed by atoms with E-state index in [-0.39, 0.29) is 0 Å². The molecule has 0 saturated heterocycles. The molecular weight excluding hydrogens is 228 g/mol. The van der Waals surface area contributed by atoms with Crippen LogP contribution in [0.5, 0.6) is 0 Å². The van der Waals surface area contributed by atoms with Gasteiger partial charge in [-0.25, -0.2) is 4.79 Å². The van der Waals surface area contributed by atoms with Crippen LogP contribution in [0, 0.1) is 5.92 Å². The van der Waals surface area contributed by atoms with Crippen molar-refractivity contribution in [2.24, 2.45) is 5.92 Å². The van der Waals surface area contributed by atoms with Gasteiger partial charge in [-0.1, -0.05) is 13.8 Å². The van der Waals surface area contributed by atoms with E-state index in [2.05, 4.69) is 23.7 Å². The molecule has 1 heterocycles. The van der Waals surface area contributed by atoms with E-state index in [1.807, 2.05) is 0 Å². The van der Waals surface area contributed by atoms with Crippen LogP contribution >= 0.6 is 0 Å². The molecule has 0 aromatic carbocycles. The molecule has 0 unspecified atom stereocenters. The van der Waals surface area contributed by atoms with Gasteiger partial charge >= 0.3 is 5.97 Å². The van der Waals surface area contributed by atoms with Gasteiger partial charge in [0.15, 0.2) is 0 Å². The number of rotatable bonds is 6. The largest absolute Gasteiger partial charge is 0.478 e. The summed E-state index contributed by atoms with van der Waals surface area (Å²) in [6.45, 7) is 5.28. The first-order valence-corrected chi connectivity index (χ1v) is 6.53. The Hall–Kier alpha value is -1.58. The van der Waals surface area contributed by atoms with Crippen LogP contribution < -0.4 is 4.90 Å². The first-order chi connectivity index (χ1) is 8.59. The molecule has 98 valence electrons. The lowest BCUT2D eigenvalue weighted by Crippen LogP contribution is -2.29. The van der Waals surface area contributed by atoms with Gasteiger partial charge in [0, 0.05) is 18.8 Å². The summed E-state index contributed by atoms with van der Waals surface area (Å²) in [7, 11) is 0. The van der Waals surface area contributed by atoms with Crippen LogP contribution in [-0.2, 0) is 0 Å². The molecule has 18 heavy (non-hydrogen) atoms. The maximum atomic E-state index is 11.3. The molecule has 4 heteroatoms. The summed E-state index contributed by atoms with van der Waals surface area (Å²) >= 11 is 0. The number of anilines is 1. The topological polar surface area (TPSA) is 53.4 Å². The number of hydrogen-bond acceptors (Lipinski definition) is 3. The molecule has 0 aliphatic heterocycles. The van der Waals surface area contributed by atoms with E-state index in [0.29, 0.717) is 17.5 Å². The van der Waals surface area contributed by atoms with Crippen molar-refractivity contribution >= 4 is 11.7 Å². The van der Waals surface area contributed by atoms with Crippen molar-refractivity contribution in [2.45, 2.75) is 39.2 Å². The first-order valence-electron chi connectivity index (χ1n) is 6.53. The SMILES string of the molecule is CC(C)CCN(c1cnccc1C(=O)O)C1CC1. The Kier molecular flexibility index (Phi) is 3.84. The quantitative estimate of drug-likeness (QED) is 0.841. The van der Waals surface area contributed by atoms with Crippen LogP contribution in [0.15, 0.2) is 18.5 Å². The molecule has 2 rings (SSSR count). The maximum absolute atomic E-state index is 11.3. The summed E-state index contributed by atoms with van der Waals surface area (Å²) in [6.07, 6.45) is 6.62. The van der Waals surface area contributed by atoms with E-state index in [4.69, 9.17) is 0 Å². The number of aromatic nitrogens is 1. The van der Waals surface area contributed by atoms with Crippen molar-refractivity contribution in [1.29, 1.82) is 0 Å². The average Bonchev–Trinajstić information content (AvgIpc) is 3.14. The van der Waals surface area contributed by atoms with Crippen molar-refractivity contribution in [3.05, 3.63) is 24.0 Å². The third-order valence-electron chi connectivity index (χ3n) is 3.27. The fourth-order valence-electron chi connectivity index (χ4n) is 2.08. The van der Waals surface area contributed by atoms with Gasteiger partial charge < -0.3 is 10.0 Å². The van der Waals surface area contributed by atoms with Crippen LogP contribution in [0.3, 0.4) is 0 Å². The molecule has 4 nitrogen and oxygen atoms in total. The fraction of sp³-hybridized carbons (Fsp3) is 0.571. The molecule has 1 aromatic rings. The van der Waals surface area contributed by atoms with Crippen LogP contribution in [0.2, 0.25) is 0 Å². The first kappa shape index (κ1) is 12.9. The molecule has 1 fully saturated rings. The van der Waals surface area contributed by atoms with E-state index in [9.17, 15) is 9.90 Å². The van der Waals surface area contributed by atoms with Crippen molar-refractivity contribution in [1.82, 2.24) is 4.98 Å². The Bertz CT molecular complexity index is 428. The zero-order valence-corrected chi connectivity index (χ0v) is 11.0. The maximum Gasteiger partial charge on any atom is 0.337 e. The van der Waals surface area contributed by atoms with Gasteiger partial charge in [-0.3, -0.25) is 4.98 Å². The lowest BCUT2D eigenvalue weighted by atomic mass is 10.1. The molecular formula is C14H20N2O2. The Morgan fingerprint density at radius 1 is 1.56 bits per heavy atom. The third kappa shape index (κ3) is 3.00. The highest BCUT2D eigenvalue weighted by Gasteiger charge is 2.31. The summed E-state index contributed by atoms with van der Waals surface area (Å²) in [5.74, 6) is -0.251. The number of pyridine rings is 1. The van der Waals surface area contributed by atoms with E-state index in [1.165, 1.54) is 0 Å². The van der Waals surface area contributed by atoms with Crippen LogP contribution in [0.4, 0.5) is 5.69 Å². The monoisotopic (exact) mass is 248 g/mol. The third-order valence-corrected chi connectivity index (χ3v) is 3.27. The number of nitrogens with zero attached hydrogens (tertiary/aromatic N) is 2. The standard InChI is InChI=1S/C14H20N2O2/c1-10(2)6-8-16(11-3-4-11)13-9-15-7-5-12(13)14(17)18/h5,7,9-11H,3-4,6,8H2,1-2H3,(H,17,18). The molecule has 0 spiro atoms. The number of aromatic carboxylic acids is 1. The van der Waals surface area contributed by atoms with E-state index in [1.54, 1.807) is 18.5 Å². The molecule has 1 saturated carbocycles. The predicted octanol–water partition coefficient (Wildman–Crippen LogP) is 2.79. The Labute approximate surface area is 108 Å². The second-order valence-corrected chi connectivity index (χ2v) is 5.31. The van der Waals surface area contributed by atoms with E-state index in [0.717, 1.165) is 31.5 Å². The summed E-state index contributed by atoms with van der Waals surface area (Å²) < 4.78 is 0. The molecule has 0 amide bonds. The number of carboxylic acids is 1. The lowest BCUT2D eigenvalue weighted by Gasteiger charge is -2.26. The molecule has 0 radical (unpaired) electrons. The van der Waals surface area contributed by atoms with Crippen molar-refractivity contribution < 1.29 is 9.90 Å². The molecule has 1 N–H and O–H groups in total. The summed E-state index contributed by atoms with van der Waals surface area (Å²) in [6, 6.07) is 2.09. The second kappa shape index (κ2) is 5.38. The van der Waals surface area contributed by atoms with Gasteiger partial charge in [-0.15, -0.1) is 0 Å². The van der Waals surface area contributed by atoms with Gasteiger partial charge in [0.1, 0.15) is 0 Å². The van der Waals surface area contributed by atoms with Crippen molar-refractivity contribution in [2.75, 3.05) is 11.4 Å². The number of carbonyl (C=O) groups is 1. The fourth-order valence-corrected chi connectivity index (χ4v) is 2.08. The van der Waals surface area contributed by atoms with Gasteiger partial charge in [0.2, 0.25) is 0 Å². The molecule has 0 atom stereocenters. The normalized spacial score (nSPS) is 14.8. The lowest BCUT2D eigenvalue weighted by molar-refractivity contribution is 0.0697. The smallest absolute Gasteiger partial charge is 0.337 e. The van der Waals surface area contributed by atoms with E-state index < -0.39 is 5.97 Å². The zero-order chi connectivity index (χ0) is 13.1. The van der Waals surface area contributed by atoms with Gasteiger partial charge in [-0.05, 0) is 31.2 Å². The van der Waals surface area contributed by atoms with Gasteiger partial charge in [-0.2, -0.15) is 0 Å². The van der Waals surface area contributed by atoms with Crippen LogP contribution in [0.1, 0.15) is 43.5 Å². The van der Waals surface area contributed by atoms with Crippen LogP contribution in [-0.4, -0.2) is 28.6 Å². The summed E-state index contributed by atoms with van der Waals surface area (Å²) in [5, 5.41) is 9.24. The van der Waals surface area contributed by atoms with E-state index >= 15 is 0 Å². The average molecular weight is 248 g/mol. The Morgan fingerprint density at radius 3 is 2.83 bits per heavy atom. The summed E-state index contributed by atoms with van der Waals surface area (Å²) in [4.78, 5) is 17.6. The predicted molar refractivity (Wildman–Crippen MR) is 71.0 cm³/mol. The minimum absolute atomic E-state index is 0.362. The zero-order valence-electron chi connectivity index (χ0n) is 11.0. The van der Waals surface area contributed by atoms with Crippen LogP contribution in [0.25, 0.3) is 0 Å². The van der Waals surface area contributed by atoms with Crippen molar-refractivity contribution in [3.63, 3.8) is 0 Å². The number of carboxylic acid groups (broad SMARTS) is 1. The second-order valence-electron chi connectivity index (χ2n) is 5.31. The minimum Gasteiger partial charge on any atom is -0.478 e.